The van der Waals surface area contributed by atoms with E-state index in [0.717, 1.165) is 0 Å². The Kier molecular flexibility index (Phi) is 8.10. The van der Waals surface area contributed by atoms with Gasteiger partial charge in [0.05, 0.1) is 0 Å². The molecule has 0 aliphatic heterocycles. The van der Waals surface area contributed by atoms with Crippen molar-refractivity contribution in [3.05, 3.63) is 22.1 Å². The fraction of sp³-hybridized carbons (Fsp3) is 0.600. The number of halogens is 2. The van der Waals surface area contributed by atoms with Gasteiger partial charge in [0.2, 0.25) is 0 Å². The Balaban J connectivity index is 0. The van der Waals surface area contributed by atoms with Gasteiger partial charge >= 0.3 is 87.1 Å². The van der Waals surface area contributed by atoms with Crippen molar-refractivity contribution in [1.82, 2.24) is 3.80 Å². The summed E-state index contributed by atoms with van der Waals surface area (Å²) in [5.74, 6) is 0. The molecule has 0 aromatic carbocycles. The van der Waals surface area contributed by atoms with Crippen LogP contribution in [-0.2, 0) is 15.6 Å². The average Bonchev–Trinajstić information content (AvgIpc) is 2.29. The van der Waals surface area contributed by atoms with Crippen LogP contribution in [0.4, 0.5) is 0 Å². The van der Waals surface area contributed by atoms with Gasteiger partial charge in [0, 0.05) is 0 Å². The van der Waals surface area contributed by atoms with Crippen LogP contribution in [0.1, 0.15) is 27.2 Å². The first kappa shape index (κ1) is 18.3. The molecule has 0 saturated heterocycles. The van der Waals surface area contributed by atoms with E-state index in [2.05, 4.69) is 55.7 Å². The molecule has 0 aromatic heterocycles. The van der Waals surface area contributed by atoms with Gasteiger partial charge in [0.25, 0.3) is 0 Å². The fourth-order valence-electron chi connectivity index (χ4n) is 1.76. The molecule has 0 radical (unpaired) electrons. The van der Waals surface area contributed by atoms with Crippen molar-refractivity contribution in [1.29, 1.82) is 0 Å². The van der Waals surface area contributed by atoms with Crippen LogP contribution in [0.2, 0.25) is 5.23 Å². The van der Waals surface area contributed by atoms with E-state index in [9.17, 15) is 0 Å². The van der Waals surface area contributed by atoms with E-state index in [1.165, 1.54) is 6.42 Å². The zero-order valence-corrected chi connectivity index (χ0v) is 14.6. The molecule has 15 heavy (non-hydrogen) atoms. The summed E-state index contributed by atoms with van der Waals surface area (Å²) in [6.45, 7) is 6.77. The third-order valence-corrected chi connectivity index (χ3v) is 9.56. The summed E-state index contributed by atoms with van der Waals surface area (Å²) in [4.78, 5) is 0. The summed E-state index contributed by atoms with van der Waals surface area (Å²) in [6.07, 6.45) is 7.95. The van der Waals surface area contributed by atoms with E-state index < -0.39 is 15.6 Å². The molecule has 1 N–H and O–H groups in total. The topological polar surface area (TPSA) is 12.0 Å². The van der Waals surface area contributed by atoms with Crippen molar-refractivity contribution in [2.45, 2.75) is 38.0 Å². The molecule has 1 atom stereocenters. The molecule has 5 heteroatoms. The van der Waals surface area contributed by atoms with Crippen LogP contribution < -0.4 is 3.80 Å². The quantitative estimate of drug-likeness (QED) is 0.774. The first-order valence-electron chi connectivity index (χ1n) is 4.82. The Hall–Kier alpha value is 0.951. The molecule has 0 amide bonds. The maximum absolute atomic E-state index is 3.83. The van der Waals surface area contributed by atoms with E-state index in [1.54, 1.807) is 3.88 Å². The number of nitrogens with one attached hydrogen (secondary N) is 1. The van der Waals surface area contributed by atoms with E-state index in [-0.39, 0.29) is 30.4 Å². The monoisotopic (exact) mass is 302 g/mol. The van der Waals surface area contributed by atoms with Crippen LogP contribution in [-0.4, -0.2) is 13.2 Å². The minimum Gasteiger partial charge on any atom is -0.147 e. The summed E-state index contributed by atoms with van der Waals surface area (Å²) < 4.78 is 5.50. The number of hydrogen-bond donors (Lipinski definition) is 1. The van der Waals surface area contributed by atoms with Crippen LogP contribution in [0.15, 0.2) is 22.1 Å². The standard InChI is InChI=1S/C5H5.C4H10N.CH3.2ClH.H2Si.Ti/c1-2-4-5-3-1;1-4(2,3)5;;;;;/h1-3H,4H2;5H,1-3H3;1H3;2*1H;1H2;/q;-1;;;;;+1. The van der Waals surface area contributed by atoms with Gasteiger partial charge in [-0.1, -0.05) is 0 Å². The SMILES string of the molecule is CC(C)(C)[NH][Ti]([CH3])(=[SiH2])[C]1=CC=CC1.Cl.Cl. The molecule has 0 aromatic rings. The summed E-state index contributed by atoms with van der Waals surface area (Å²) in [5.41, 5.74) is 0.264. The Morgan fingerprint density at radius 3 is 2.20 bits per heavy atom. The molecule has 0 fully saturated rings. The van der Waals surface area contributed by atoms with Crippen LogP contribution in [0.3, 0.4) is 0 Å². The molecule has 1 unspecified atom stereocenters. The minimum absolute atomic E-state index is 0. The molecule has 1 aliphatic rings. The third kappa shape index (κ3) is 6.30. The average molecular weight is 303 g/mol. The van der Waals surface area contributed by atoms with Crippen molar-refractivity contribution in [3.8, 4) is 0 Å². The minimum atomic E-state index is -1.84. The summed E-state index contributed by atoms with van der Waals surface area (Å²) in [7, 11) is 2.22. The summed E-state index contributed by atoms with van der Waals surface area (Å²) >= 11 is -1.84. The van der Waals surface area contributed by atoms with Crippen LogP contribution in [0, 0.1) is 0 Å². The largest absolute Gasteiger partial charge is 0.147 e. The zero-order valence-electron chi connectivity index (χ0n) is 9.96. The number of hydrogen-bond acceptors (Lipinski definition) is 1. The van der Waals surface area contributed by atoms with E-state index in [1.807, 2.05) is 0 Å². The van der Waals surface area contributed by atoms with Gasteiger partial charge in [0.1, 0.15) is 0 Å². The predicted octanol–water partition coefficient (Wildman–Crippen LogP) is 2.73. The number of rotatable bonds is 2. The van der Waals surface area contributed by atoms with Crippen molar-refractivity contribution < 1.29 is 15.6 Å². The Morgan fingerprint density at radius 1 is 1.33 bits per heavy atom. The van der Waals surface area contributed by atoms with Crippen LogP contribution >= 0.6 is 24.8 Å². The van der Waals surface area contributed by atoms with Crippen molar-refractivity contribution in [2.24, 2.45) is 0 Å². The van der Waals surface area contributed by atoms with Gasteiger partial charge in [-0.25, -0.2) is 0 Å². The summed E-state index contributed by atoms with van der Waals surface area (Å²) in [5, 5.41) is 2.45. The van der Waals surface area contributed by atoms with E-state index in [0.29, 0.717) is 0 Å². The summed E-state index contributed by atoms with van der Waals surface area (Å²) in [6, 6.07) is 0. The molecule has 1 nitrogen and oxygen atoms in total. The second kappa shape index (κ2) is 6.63. The first-order chi connectivity index (χ1) is 5.81. The van der Waals surface area contributed by atoms with Gasteiger partial charge in [-0.15, -0.1) is 24.8 Å². The Morgan fingerprint density at radius 2 is 1.87 bits per heavy atom. The molecule has 0 spiro atoms. The Labute approximate surface area is 111 Å². The molecule has 0 bridgehead atoms. The van der Waals surface area contributed by atoms with Crippen molar-refractivity contribution in [3.63, 3.8) is 0 Å². The van der Waals surface area contributed by atoms with Gasteiger partial charge in [-0.05, 0) is 0 Å². The predicted molar refractivity (Wildman–Crippen MR) is 73.6 cm³/mol. The maximum atomic E-state index is 3.83. The van der Waals surface area contributed by atoms with Crippen LogP contribution in [0.25, 0.3) is 0 Å². The van der Waals surface area contributed by atoms with Crippen molar-refractivity contribution in [2.75, 3.05) is 0 Å². The third-order valence-electron chi connectivity index (χ3n) is 2.13. The Bertz CT molecular complexity index is 305. The molecule has 0 saturated carbocycles. The van der Waals surface area contributed by atoms with Gasteiger partial charge in [0.15, 0.2) is 0 Å². The molecular formula is C10H22Cl2NSiTi. The smallest absolute Gasteiger partial charge is 0.147 e. The maximum Gasteiger partial charge on any atom is -0.147 e. The normalized spacial score (nSPS) is 18.5. The fourth-order valence-corrected chi connectivity index (χ4v) is 9.48. The molecule has 1 aliphatic carbocycles. The van der Waals surface area contributed by atoms with Crippen molar-refractivity contribution >= 4 is 32.4 Å². The second-order valence-corrected chi connectivity index (χ2v) is 16.4. The van der Waals surface area contributed by atoms with E-state index >= 15 is 0 Å². The van der Waals surface area contributed by atoms with Crippen LogP contribution in [0.5, 0.6) is 0 Å². The van der Waals surface area contributed by atoms with Gasteiger partial charge in [-0.2, -0.15) is 0 Å². The van der Waals surface area contributed by atoms with Gasteiger partial charge < -0.3 is 0 Å². The first-order valence-corrected chi connectivity index (χ1v) is 12.0. The molecule has 0 heterocycles. The molecule has 89 valence electrons. The van der Waals surface area contributed by atoms with Gasteiger partial charge in [-0.3, -0.25) is 0 Å². The molecule has 1 rings (SSSR count). The second-order valence-electron chi connectivity index (χ2n) is 5.03. The van der Waals surface area contributed by atoms with E-state index in [4.69, 9.17) is 0 Å². The number of allylic oxidation sites excluding steroid dienone is 4. The molecular weight excluding hydrogens is 281 g/mol. The zero-order chi connectivity index (χ0) is 10.1.